The molecule has 0 spiro atoms. The van der Waals surface area contributed by atoms with Crippen molar-refractivity contribution in [3.05, 3.63) is 29.3 Å². The van der Waals surface area contributed by atoms with Crippen LogP contribution in [-0.4, -0.2) is 18.8 Å². The van der Waals surface area contributed by atoms with Gasteiger partial charge in [0.05, 0.1) is 13.2 Å². The zero-order valence-electron chi connectivity index (χ0n) is 7.95. The SMILES string of the molecule is COc1cc([C@H](O)CN)ccc1C. The Hall–Kier alpha value is -1.06. The topological polar surface area (TPSA) is 55.5 Å². The number of rotatable bonds is 3. The first-order chi connectivity index (χ1) is 6.19. The number of aryl methyl sites for hydroxylation is 1. The van der Waals surface area contributed by atoms with E-state index in [2.05, 4.69) is 0 Å². The summed E-state index contributed by atoms with van der Waals surface area (Å²) < 4.78 is 5.13. The summed E-state index contributed by atoms with van der Waals surface area (Å²) in [6, 6.07) is 5.58. The van der Waals surface area contributed by atoms with Crippen LogP contribution in [-0.2, 0) is 0 Å². The molecule has 1 aromatic rings. The van der Waals surface area contributed by atoms with E-state index >= 15 is 0 Å². The van der Waals surface area contributed by atoms with Crippen molar-refractivity contribution < 1.29 is 9.84 Å². The lowest BCUT2D eigenvalue weighted by Crippen LogP contribution is -2.11. The van der Waals surface area contributed by atoms with E-state index in [9.17, 15) is 5.11 Å². The summed E-state index contributed by atoms with van der Waals surface area (Å²) in [6.45, 7) is 2.18. The van der Waals surface area contributed by atoms with Gasteiger partial charge >= 0.3 is 0 Å². The van der Waals surface area contributed by atoms with Gasteiger partial charge in [-0.05, 0) is 24.1 Å². The van der Waals surface area contributed by atoms with Crippen LogP contribution in [0, 0.1) is 6.92 Å². The van der Waals surface area contributed by atoms with Gasteiger partial charge in [0.2, 0.25) is 0 Å². The summed E-state index contributed by atoms with van der Waals surface area (Å²) in [5.41, 5.74) is 7.19. The van der Waals surface area contributed by atoms with Gasteiger partial charge in [0.25, 0.3) is 0 Å². The number of methoxy groups -OCH3 is 1. The lowest BCUT2D eigenvalue weighted by atomic mass is 10.1. The third-order valence-electron chi connectivity index (χ3n) is 2.04. The van der Waals surface area contributed by atoms with Crippen LogP contribution in [0.15, 0.2) is 18.2 Å². The van der Waals surface area contributed by atoms with Crippen molar-refractivity contribution in [2.24, 2.45) is 5.73 Å². The highest BCUT2D eigenvalue weighted by molar-refractivity contribution is 5.37. The molecule has 1 aromatic carbocycles. The second kappa shape index (κ2) is 4.25. The molecule has 3 N–H and O–H groups in total. The summed E-state index contributed by atoms with van der Waals surface area (Å²) in [4.78, 5) is 0. The van der Waals surface area contributed by atoms with Crippen molar-refractivity contribution in [1.82, 2.24) is 0 Å². The molecule has 0 radical (unpaired) electrons. The van der Waals surface area contributed by atoms with Crippen LogP contribution in [0.25, 0.3) is 0 Å². The molecular formula is C10H15NO2. The minimum Gasteiger partial charge on any atom is -0.496 e. The Bertz CT molecular complexity index is 286. The van der Waals surface area contributed by atoms with Gasteiger partial charge in [-0.25, -0.2) is 0 Å². The smallest absolute Gasteiger partial charge is 0.122 e. The molecule has 0 aliphatic heterocycles. The predicted molar refractivity (Wildman–Crippen MR) is 51.7 cm³/mol. The molecule has 0 aromatic heterocycles. The van der Waals surface area contributed by atoms with Crippen molar-refractivity contribution in [1.29, 1.82) is 0 Å². The maximum absolute atomic E-state index is 9.46. The Balaban J connectivity index is 2.99. The maximum Gasteiger partial charge on any atom is 0.122 e. The number of nitrogens with two attached hydrogens (primary N) is 1. The van der Waals surface area contributed by atoms with Gasteiger partial charge in [-0.15, -0.1) is 0 Å². The molecule has 0 unspecified atom stereocenters. The van der Waals surface area contributed by atoms with E-state index < -0.39 is 6.10 Å². The number of aliphatic hydroxyl groups excluding tert-OH is 1. The van der Waals surface area contributed by atoms with Crippen LogP contribution in [0.5, 0.6) is 5.75 Å². The number of hydrogen-bond acceptors (Lipinski definition) is 3. The Morgan fingerprint density at radius 1 is 1.54 bits per heavy atom. The second-order valence-electron chi connectivity index (χ2n) is 2.98. The Kier molecular flexibility index (Phi) is 3.28. The van der Waals surface area contributed by atoms with Crippen molar-refractivity contribution in [3.8, 4) is 5.75 Å². The largest absolute Gasteiger partial charge is 0.496 e. The van der Waals surface area contributed by atoms with Gasteiger partial charge in [0.1, 0.15) is 5.75 Å². The molecule has 72 valence electrons. The second-order valence-corrected chi connectivity index (χ2v) is 2.98. The molecule has 0 bridgehead atoms. The molecule has 0 aliphatic carbocycles. The molecule has 1 rings (SSSR count). The molecule has 0 heterocycles. The van der Waals surface area contributed by atoms with E-state index in [4.69, 9.17) is 10.5 Å². The Morgan fingerprint density at radius 3 is 2.77 bits per heavy atom. The fourth-order valence-corrected chi connectivity index (χ4v) is 1.18. The van der Waals surface area contributed by atoms with Gasteiger partial charge in [0.15, 0.2) is 0 Å². The van der Waals surface area contributed by atoms with Crippen molar-refractivity contribution >= 4 is 0 Å². The lowest BCUT2D eigenvalue weighted by molar-refractivity contribution is 0.186. The molecule has 3 heteroatoms. The molecule has 0 saturated carbocycles. The summed E-state index contributed by atoms with van der Waals surface area (Å²) in [7, 11) is 1.61. The van der Waals surface area contributed by atoms with Crippen molar-refractivity contribution in [2.45, 2.75) is 13.0 Å². The minimum absolute atomic E-state index is 0.228. The highest BCUT2D eigenvalue weighted by Gasteiger charge is 2.07. The molecular weight excluding hydrogens is 166 g/mol. The fourth-order valence-electron chi connectivity index (χ4n) is 1.18. The Labute approximate surface area is 78.1 Å². The molecule has 1 atom stereocenters. The van der Waals surface area contributed by atoms with Crippen LogP contribution in [0.1, 0.15) is 17.2 Å². The highest BCUT2D eigenvalue weighted by Crippen LogP contribution is 2.22. The summed E-state index contributed by atoms with van der Waals surface area (Å²) in [5.74, 6) is 0.782. The Morgan fingerprint density at radius 2 is 2.23 bits per heavy atom. The standard InChI is InChI=1S/C10H15NO2/c1-7-3-4-8(9(12)6-11)5-10(7)13-2/h3-5,9,12H,6,11H2,1-2H3/t9-/m1/s1. The van der Waals surface area contributed by atoms with Crippen LogP contribution in [0.4, 0.5) is 0 Å². The van der Waals surface area contributed by atoms with Gasteiger partial charge in [-0.3, -0.25) is 0 Å². The van der Waals surface area contributed by atoms with Crippen LogP contribution < -0.4 is 10.5 Å². The number of ether oxygens (including phenoxy) is 1. The van der Waals surface area contributed by atoms with E-state index in [1.54, 1.807) is 7.11 Å². The first-order valence-electron chi connectivity index (χ1n) is 4.21. The van der Waals surface area contributed by atoms with Gasteiger partial charge in [0, 0.05) is 6.54 Å². The van der Waals surface area contributed by atoms with E-state index in [1.165, 1.54) is 0 Å². The minimum atomic E-state index is -0.602. The van der Waals surface area contributed by atoms with Crippen molar-refractivity contribution in [2.75, 3.05) is 13.7 Å². The average Bonchev–Trinajstić information content (AvgIpc) is 2.17. The normalized spacial score (nSPS) is 12.6. The number of hydrogen-bond donors (Lipinski definition) is 2. The predicted octanol–water partition coefficient (Wildman–Crippen LogP) is 0.996. The monoisotopic (exact) mass is 181 g/mol. The van der Waals surface area contributed by atoms with Gasteiger partial charge in [-0.1, -0.05) is 12.1 Å². The lowest BCUT2D eigenvalue weighted by Gasteiger charge is -2.11. The zero-order chi connectivity index (χ0) is 9.84. The summed E-state index contributed by atoms with van der Waals surface area (Å²) in [6.07, 6.45) is -0.602. The first kappa shape index (κ1) is 10.0. The number of benzene rings is 1. The molecule has 0 fully saturated rings. The molecule has 0 amide bonds. The summed E-state index contributed by atoms with van der Waals surface area (Å²) >= 11 is 0. The fraction of sp³-hybridized carbons (Fsp3) is 0.400. The van der Waals surface area contributed by atoms with Crippen LogP contribution in [0.2, 0.25) is 0 Å². The van der Waals surface area contributed by atoms with E-state index in [1.807, 2.05) is 25.1 Å². The molecule has 3 nitrogen and oxygen atoms in total. The average molecular weight is 181 g/mol. The van der Waals surface area contributed by atoms with Gasteiger partial charge in [-0.2, -0.15) is 0 Å². The molecule has 13 heavy (non-hydrogen) atoms. The van der Waals surface area contributed by atoms with Crippen LogP contribution >= 0.6 is 0 Å². The van der Waals surface area contributed by atoms with Crippen molar-refractivity contribution in [3.63, 3.8) is 0 Å². The molecule has 0 saturated heterocycles. The summed E-state index contributed by atoms with van der Waals surface area (Å²) in [5, 5.41) is 9.46. The maximum atomic E-state index is 9.46. The first-order valence-corrected chi connectivity index (χ1v) is 4.21. The highest BCUT2D eigenvalue weighted by atomic mass is 16.5. The van der Waals surface area contributed by atoms with Crippen LogP contribution in [0.3, 0.4) is 0 Å². The quantitative estimate of drug-likeness (QED) is 0.731. The van der Waals surface area contributed by atoms with Gasteiger partial charge < -0.3 is 15.6 Å². The van der Waals surface area contributed by atoms with E-state index in [0.29, 0.717) is 0 Å². The molecule has 0 aliphatic rings. The van der Waals surface area contributed by atoms with E-state index in [-0.39, 0.29) is 6.54 Å². The zero-order valence-corrected chi connectivity index (χ0v) is 7.95. The third kappa shape index (κ3) is 2.20. The number of aliphatic hydroxyl groups is 1. The third-order valence-corrected chi connectivity index (χ3v) is 2.04. The van der Waals surface area contributed by atoms with E-state index in [0.717, 1.165) is 16.9 Å².